The summed E-state index contributed by atoms with van der Waals surface area (Å²) in [4.78, 5) is 14.8. The van der Waals surface area contributed by atoms with Gasteiger partial charge in [-0.3, -0.25) is 4.79 Å². The number of carbonyl (C=O) groups excluding carboxylic acids is 1. The van der Waals surface area contributed by atoms with Crippen molar-refractivity contribution in [3.05, 3.63) is 36.5 Å². The van der Waals surface area contributed by atoms with Gasteiger partial charge >= 0.3 is 0 Å². The van der Waals surface area contributed by atoms with E-state index >= 15 is 0 Å². The minimum Gasteiger partial charge on any atom is -0.366 e. The van der Waals surface area contributed by atoms with Gasteiger partial charge in [0.1, 0.15) is 5.03 Å². The van der Waals surface area contributed by atoms with Crippen molar-refractivity contribution in [1.29, 1.82) is 0 Å². The standard InChI is InChI=1S/C10H12N2OS2/c1-8(10(11)13)5-7-14-15-9-4-2-3-6-12-9/h2-4,6H,1,5,7H2,(H2,11,13). The molecule has 0 radical (unpaired) electrons. The number of pyridine rings is 1. The molecule has 0 aliphatic carbocycles. The molecular formula is C10H12N2OS2. The van der Waals surface area contributed by atoms with E-state index < -0.39 is 5.91 Å². The van der Waals surface area contributed by atoms with Crippen LogP contribution in [0.5, 0.6) is 0 Å². The van der Waals surface area contributed by atoms with Gasteiger partial charge in [0.25, 0.3) is 0 Å². The maximum atomic E-state index is 10.7. The van der Waals surface area contributed by atoms with Gasteiger partial charge in [-0.25, -0.2) is 4.98 Å². The molecule has 1 aromatic rings. The predicted molar refractivity (Wildman–Crippen MR) is 65.5 cm³/mol. The van der Waals surface area contributed by atoms with Crippen LogP contribution in [0.1, 0.15) is 6.42 Å². The number of nitrogens with zero attached hydrogens (tertiary/aromatic N) is 1. The molecule has 80 valence electrons. The van der Waals surface area contributed by atoms with Crippen LogP contribution >= 0.6 is 21.6 Å². The number of primary amides is 1. The van der Waals surface area contributed by atoms with Crippen molar-refractivity contribution in [3.8, 4) is 0 Å². The second-order valence-corrected chi connectivity index (χ2v) is 5.23. The van der Waals surface area contributed by atoms with Gasteiger partial charge in [-0.05, 0) is 29.3 Å². The van der Waals surface area contributed by atoms with Gasteiger partial charge in [-0.15, -0.1) is 0 Å². The summed E-state index contributed by atoms with van der Waals surface area (Å²) in [6.45, 7) is 3.59. The first-order valence-corrected chi connectivity index (χ1v) is 6.70. The average molecular weight is 240 g/mol. The minimum absolute atomic E-state index is 0.418. The summed E-state index contributed by atoms with van der Waals surface area (Å²) in [5, 5.41) is 0.965. The van der Waals surface area contributed by atoms with Crippen molar-refractivity contribution in [1.82, 2.24) is 4.98 Å². The Labute approximate surface area is 96.9 Å². The molecule has 1 aromatic heterocycles. The van der Waals surface area contributed by atoms with Crippen LogP contribution in [0.3, 0.4) is 0 Å². The van der Waals surface area contributed by atoms with E-state index in [0.29, 0.717) is 12.0 Å². The highest BCUT2D eigenvalue weighted by Gasteiger charge is 2.01. The van der Waals surface area contributed by atoms with Crippen LogP contribution in [-0.2, 0) is 4.79 Å². The van der Waals surface area contributed by atoms with E-state index in [2.05, 4.69) is 11.6 Å². The van der Waals surface area contributed by atoms with Crippen LogP contribution in [0.25, 0.3) is 0 Å². The number of hydrogen-bond donors (Lipinski definition) is 1. The molecule has 0 spiro atoms. The fourth-order valence-electron chi connectivity index (χ4n) is 0.786. The maximum absolute atomic E-state index is 10.7. The summed E-state index contributed by atoms with van der Waals surface area (Å²) in [5.74, 6) is 0.390. The highest BCUT2D eigenvalue weighted by Crippen LogP contribution is 2.29. The van der Waals surface area contributed by atoms with Crippen molar-refractivity contribution in [2.75, 3.05) is 5.75 Å². The number of rotatable bonds is 6. The lowest BCUT2D eigenvalue weighted by Crippen LogP contribution is -2.13. The van der Waals surface area contributed by atoms with Crippen LogP contribution in [0.15, 0.2) is 41.6 Å². The first kappa shape index (κ1) is 12.1. The van der Waals surface area contributed by atoms with Gasteiger partial charge in [-0.2, -0.15) is 0 Å². The zero-order chi connectivity index (χ0) is 11.1. The Morgan fingerprint density at radius 2 is 2.33 bits per heavy atom. The summed E-state index contributed by atoms with van der Waals surface area (Å²) in [6, 6.07) is 5.77. The third kappa shape index (κ3) is 4.90. The molecule has 15 heavy (non-hydrogen) atoms. The lowest BCUT2D eigenvalue weighted by Gasteiger charge is -2.00. The summed E-state index contributed by atoms with van der Waals surface area (Å²) >= 11 is 0. The van der Waals surface area contributed by atoms with Crippen LogP contribution in [0.4, 0.5) is 0 Å². The van der Waals surface area contributed by atoms with Crippen molar-refractivity contribution >= 4 is 27.5 Å². The average Bonchev–Trinajstić information content (AvgIpc) is 2.25. The molecule has 3 nitrogen and oxygen atoms in total. The van der Waals surface area contributed by atoms with Gasteiger partial charge in [0.2, 0.25) is 5.91 Å². The normalized spacial score (nSPS) is 9.87. The van der Waals surface area contributed by atoms with Crippen molar-refractivity contribution < 1.29 is 4.79 Å². The summed E-state index contributed by atoms with van der Waals surface area (Å²) in [7, 11) is 3.22. The predicted octanol–water partition coefficient (Wildman–Crippen LogP) is 2.25. The second kappa shape index (κ2) is 6.53. The molecule has 2 N–H and O–H groups in total. The van der Waals surface area contributed by atoms with Crippen LogP contribution < -0.4 is 5.73 Å². The number of hydrogen-bond acceptors (Lipinski definition) is 4. The molecule has 0 fully saturated rings. The number of amides is 1. The summed E-state index contributed by atoms with van der Waals surface area (Å²) in [5.41, 5.74) is 5.54. The smallest absolute Gasteiger partial charge is 0.244 e. The van der Waals surface area contributed by atoms with E-state index in [-0.39, 0.29) is 0 Å². The molecule has 0 aromatic carbocycles. The minimum atomic E-state index is -0.418. The van der Waals surface area contributed by atoms with E-state index in [0.717, 1.165) is 10.8 Å². The Balaban J connectivity index is 2.18. The first-order valence-electron chi connectivity index (χ1n) is 4.38. The molecule has 0 unspecified atom stereocenters. The number of carbonyl (C=O) groups is 1. The molecule has 5 heteroatoms. The molecular weight excluding hydrogens is 228 g/mol. The lowest BCUT2D eigenvalue weighted by molar-refractivity contribution is -0.114. The van der Waals surface area contributed by atoms with Gasteiger partial charge in [0, 0.05) is 17.5 Å². The zero-order valence-corrected chi connectivity index (χ0v) is 9.81. The van der Waals surface area contributed by atoms with Crippen LogP contribution in [0.2, 0.25) is 0 Å². The molecule has 1 heterocycles. The third-order valence-corrected chi connectivity index (χ3v) is 3.88. The molecule has 1 amide bonds. The van der Waals surface area contributed by atoms with E-state index in [9.17, 15) is 4.79 Å². The molecule has 0 saturated heterocycles. The van der Waals surface area contributed by atoms with Crippen molar-refractivity contribution in [2.24, 2.45) is 5.73 Å². The fourth-order valence-corrected chi connectivity index (χ4v) is 2.72. The lowest BCUT2D eigenvalue weighted by atomic mass is 10.2. The largest absolute Gasteiger partial charge is 0.366 e. The SMILES string of the molecule is C=C(CCSSc1ccccn1)C(N)=O. The number of aromatic nitrogens is 1. The Bertz CT molecular complexity index is 341. The molecule has 1 rings (SSSR count). The Morgan fingerprint density at radius 3 is 2.93 bits per heavy atom. The van der Waals surface area contributed by atoms with Gasteiger partial charge < -0.3 is 5.73 Å². The Kier molecular flexibility index (Phi) is 5.28. The fraction of sp³-hybridized carbons (Fsp3) is 0.200. The first-order chi connectivity index (χ1) is 7.20. The molecule has 0 aliphatic rings. The summed E-state index contributed by atoms with van der Waals surface area (Å²) in [6.07, 6.45) is 2.38. The molecule has 0 bridgehead atoms. The third-order valence-electron chi connectivity index (χ3n) is 1.62. The molecule has 0 aliphatic heterocycles. The van der Waals surface area contributed by atoms with E-state index in [4.69, 9.17) is 5.73 Å². The zero-order valence-electron chi connectivity index (χ0n) is 8.18. The molecule has 0 atom stereocenters. The van der Waals surface area contributed by atoms with E-state index in [1.165, 1.54) is 0 Å². The topological polar surface area (TPSA) is 56.0 Å². The van der Waals surface area contributed by atoms with Gasteiger partial charge in [-0.1, -0.05) is 23.4 Å². The Morgan fingerprint density at radius 1 is 1.53 bits per heavy atom. The van der Waals surface area contributed by atoms with E-state index in [1.807, 2.05) is 18.2 Å². The Hall–Kier alpha value is -0.940. The summed E-state index contributed by atoms with van der Waals surface area (Å²) < 4.78 is 0. The quantitative estimate of drug-likeness (QED) is 0.471. The van der Waals surface area contributed by atoms with Crippen LogP contribution in [-0.4, -0.2) is 16.6 Å². The molecule has 0 saturated carbocycles. The van der Waals surface area contributed by atoms with Gasteiger partial charge in [0.15, 0.2) is 0 Å². The van der Waals surface area contributed by atoms with Gasteiger partial charge in [0.05, 0.1) is 0 Å². The highest BCUT2D eigenvalue weighted by atomic mass is 33.1. The monoisotopic (exact) mass is 240 g/mol. The van der Waals surface area contributed by atoms with E-state index in [1.54, 1.807) is 27.8 Å². The maximum Gasteiger partial charge on any atom is 0.244 e. The highest BCUT2D eigenvalue weighted by molar-refractivity contribution is 8.76. The van der Waals surface area contributed by atoms with Crippen molar-refractivity contribution in [3.63, 3.8) is 0 Å². The second-order valence-electron chi connectivity index (χ2n) is 2.79. The number of nitrogens with two attached hydrogens (primary N) is 1. The van der Waals surface area contributed by atoms with Crippen molar-refractivity contribution in [2.45, 2.75) is 11.4 Å². The van der Waals surface area contributed by atoms with Crippen LogP contribution in [0, 0.1) is 0 Å².